The zero-order chi connectivity index (χ0) is 27.2. The number of carboxylic acid groups (broad SMARTS) is 1. The van der Waals surface area contributed by atoms with Crippen LogP contribution in [0.15, 0.2) is 48.5 Å². The molecule has 3 nitrogen and oxygen atoms in total. The van der Waals surface area contributed by atoms with Crippen LogP contribution in [-0.2, 0) is 11.0 Å². The maximum atomic E-state index is 13.3. The van der Waals surface area contributed by atoms with Gasteiger partial charge >= 0.3 is 12.1 Å². The molecule has 0 bridgehead atoms. The first-order valence-electron chi connectivity index (χ1n) is 13.7. The molecule has 0 amide bonds. The zero-order valence-electron chi connectivity index (χ0n) is 22.7. The Balaban J connectivity index is 2.00. The number of piperidine rings is 1. The highest BCUT2D eigenvalue weighted by Crippen LogP contribution is 2.44. The number of rotatable bonds is 11. The topological polar surface area (TPSA) is 40.5 Å². The molecule has 3 rings (SSSR count). The van der Waals surface area contributed by atoms with Crippen LogP contribution in [0.5, 0.6) is 0 Å². The first-order valence-corrected chi connectivity index (χ1v) is 16.6. The Morgan fingerprint density at radius 3 is 2.14 bits per heavy atom. The second kappa shape index (κ2) is 12.6. The summed E-state index contributed by atoms with van der Waals surface area (Å²) in [4.78, 5) is 14.0. The van der Waals surface area contributed by atoms with Crippen molar-refractivity contribution in [1.29, 1.82) is 0 Å². The first-order chi connectivity index (χ1) is 17.5. The van der Waals surface area contributed by atoms with E-state index in [0.717, 1.165) is 24.9 Å². The zero-order valence-corrected chi connectivity index (χ0v) is 23.7. The number of aliphatic carboxylic acids is 1. The van der Waals surface area contributed by atoms with Crippen molar-refractivity contribution in [2.45, 2.75) is 95.8 Å². The largest absolute Gasteiger partial charge is 0.481 e. The number of hydrogen-bond donors (Lipinski definition) is 1. The first kappa shape index (κ1) is 29.4. The lowest BCUT2D eigenvalue weighted by molar-refractivity contribution is -0.139. The Morgan fingerprint density at radius 1 is 1.03 bits per heavy atom. The lowest BCUT2D eigenvalue weighted by atomic mass is 9.83. The van der Waals surface area contributed by atoms with E-state index in [9.17, 15) is 23.1 Å². The fourth-order valence-corrected chi connectivity index (χ4v) is 9.57. The summed E-state index contributed by atoms with van der Waals surface area (Å²) in [5.41, 5.74) is 2.62. The summed E-state index contributed by atoms with van der Waals surface area (Å²) in [6, 6.07) is 19.2. The molecule has 3 atom stereocenters. The van der Waals surface area contributed by atoms with Crippen LogP contribution in [0.4, 0.5) is 13.2 Å². The van der Waals surface area contributed by atoms with Crippen molar-refractivity contribution in [3.8, 4) is 0 Å². The quantitative estimate of drug-likeness (QED) is 0.293. The molecule has 1 aliphatic rings. The molecule has 0 unspecified atom stereocenters. The van der Waals surface area contributed by atoms with Gasteiger partial charge in [0, 0.05) is 18.5 Å². The van der Waals surface area contributed by atoms with Crippen molar-refractivity contribution in [2.75, 3.05) is 6.54 Å². The predicted octanol–water partition coefficient (Wildman–Crippen LogP) is 8.88. The standard InChI is InChI=1S/C30H42F3NO2Si/c1-5-37(6-2,7-3)19-17-27(24-10-8-22(4)9-11-24)34-18-16-23(21-29(35)36)20-28(34)25-12-14-26(15-13-25)30(31,32)33/h8-15,23,27-28H,5-7,16-21H2,1-4H3,(H,35,36)/t23-,27-,28+/m1/s1. The van der Waals surface area contributed by atoms with Crippen LogP contribution < -0.4 is 0 Å². The van der Waals surface area contributed by atoms with Crippen LogP contribution in [-0.4, -0.2) is 30.6 Å². The molecule has 1 heterocycles. The number of nitrogens with zero attached hydrogens (tertiary/aromatic N) is 1. The Morgan fingerprint density at radius 2 is 1.62 bits per heavy atom. The van der Waals surface area contributed by atoms with Crippen molar-refractivity contribution in [1.82, 2.24) is 4.90 Å². The summed E-state index contributed by atoms with van der Waals surface area (Å²) >= 11 is 0. The van der Waals surface area contributed by atoms with Gasteiger partial charge in [-0.2, -0.15) is 13.2 Å². The van der Waals surface area contributed by atoms with Gasteiger partial charge in [0.25, 0.3) is 0 Å². The molecule has 2 aromatic carbocycles. The molecule has 7 heteroatoms. The summed E-state index contributed by atoms with van der Waals surface area (Å²) in [6.45, 7) is 9.78. The minimum Gasteiger partial charge on any atom is -0.481 e. The average Bonchev–Trinajstić information content (AvgIpc) is 2.87. The maximum Gasteiger partial charge on any atom is 0.416 e. The summed E-state index contributed by atoms with van der Waals surface area (Å²) in [5.74, 6) is -0.806. The molecule has 37 heavy (non-hydrogen) atoms. The molecular weight excluding hydrogens is 491 g/mol. The summed E-state index contributed by atoms with van der Waals surface area (Å²) < 4.78 is 39.8. The van der Waals surface area contributed by atoms with E-state index < -0.39 is 25.8 Å². The van der Waals surface area contributed by atoms with E-state index in [1.165, 1.54) is 47.4 Å². The molecule has 1 aliphatic heterocycles. The van der Waals surface area contributed by atoms with Crippen LogP contribution in [0.25, 0.3) is 0 Å². The third kappa shape index (κ3) is 7.47. The molecule has 0 aliphatic carbocycles. The molecule has 2 aromatic rings. The van der Waals surface area contributed by atoms with Gasteiger partial charge < -0.3 is 5.11 Å². The number of carboxylic acids is 1. The van der Waals surface area contributed by atoms with Crippen molar-refractivity contribution < 1.29 is 23.1 Å². The van der Waals surface area contributed by atoms with Gasteiger partial charge in [-0.25, -0.2) is 0 Å². The Kier molecular flexibility index (Phi) is 10.0. The molecule has 1 fully saturated rings. The molecule has 0 aromatic heterocycles. The van der Waals surface area contributed by atoms with Crippen LogP contribution in [0.3, 0.4) is 0 Å². The van der Waals surface area contributed by atoms with E-state index in [1.54, 1.807) is 12.1 Å². The number of aryl methyl sites for hydroxylation is 1. The minimum absolute atomic E-state index is 0.00935. The monoisotopic (exact) mass is 533 g/mol. The highest BCUT2D eigenvalue weighted by molar-refractivity contribution is 6.79. The third-order valence-electron chi connectivity index (χ3n) is 8.90. The Labute approximate surface area is 221 Å². The van der Waals surface area contributed by atoms with Gasteiger partial charge in [0.05, 0.1) is 13.6 Å². The van der Waals surface area contributed by atoms with Gasteiger partial charge in [-0.1, -0.05) is 86.9 Å². The third-order valence-corrected chi connectivity index (χ3v) is 14.7. The molecule has 1 N–H and O–H groups in total. The van der Waals surface area contributed by atoms with Crippen molar-refractivity contribution in [3.05, 3.63) is 70.8 Å². The molecule has 0 spiro atoms. The van der Waals surface area contributed by atoms with Crippen molar-refractivity contribution in [2.24, 2.45) is 5.92 Å². The number of likely N-dealkylation sites (tertiary alicyclic amines) is 1. The summed E-state index contributed by atoms with van der Waals surface area (Å²) in [6.07, 6.45) is -1.85. The Bertz CT molecular complexity index is 995. The molecule has 204 valence electrons. The molecule has 0 radical (unpaired) electrons. The summed E-state index contributed by atoms with van der Waals surface area (Å²) in [7, 11) is -1.38. The normalized spacial score (nSPS) is 20.1. The highest BCUT2D eigenvalue weighted by atomic mass is 28.3. The smallest absolute Gasteiger partial charge is 0.416 e. The number of hydrogen-bond acceptors (Lipinski definition) is 2. The van der Waals surface area contributed by atoms with Crippen LogP contribution in [0.1, 0.15) is 80.8 Å². The second-order valence-electron chi connectivity index (χ2n) is 10.9. The van der Waals surface area contributed by atoms with E-state index in [0.29, 0.717) is 6.42 Å². The summed E-state index contributed by atoms with van der Waals surface area (Å²) in [5, 5.41) is 9.45. The van der Waals surface area contributed by atoms with Gasteiger partial charge in [-0.15, -0.1) is 0 Å². The van der Waals surface area contributed by atoms with Gasteiger partial charge in [-0.05, 0) is 61.9 Å². The maximum absolute atomic E-state index is 13.3. The van der Waals surface area contributed by atoms with Gasteiger partial charge in [0.1, 0.15) is 0 Å². The molecule has 0 saturated carbocycles. The molecular formula is C30H42F3NO2Si. The van der Waals surface area contributed by atoms with E-state index >= 15 is 0 Å². The van der Waals surface area contributed by atoms with Crippen LogP contribution in [0.2, 0.25) is 24.2 Å². The van der Waals surface area contributed by atoms with E-state index in [-0.39, 0.29) is 24.4 Å². The fourth-order valence-electron chi connectivity index (χ4n) is 6.12. The van der Waals surface area contributed by atoms with Gasteiger partial charge in [-0.3, -0.25) is 9.69 Å². The SMILES string of the molecule is CC[Si](CC)(CC)CC[C@H](c1ccc(C)cc1)N1CC[C@@H](CC(=O)O)C[C@H]1c1ccc(C(F)(F)F)cc1. The number of benzene rings is 2. The highest BCUT2D eigenvalue weighted by Gasteiger charge is 2.38. The van der Waals surface area contributed by atoms with Crippen LogP contribution >= 0.6 is 0 Å². The number of carbonyl (C=O) groups is 1. The Hall–Kier alpha value is -2.12. The lowest BCUT2D eigenvalue weighted by Gasteiger charge is -2.45. The van der Waals surface area contributed by atoms with Crippen molar-refractivity contribution in [3.63, 3.8) is 0 Å². The van der Waals surface area contributed by atoms with E-state index in [4.69, 9.17) is 0 Å². The number of halogens is 3. The molecule has 1 saturated heterocycles. The van der Waals surface area contributed by atoms with Crippen LogP contribution in [0, 0.1) is 12.8 Å². The van der Waals surface area contributed by atoms with Crippen molar-refractivity contribution >= 4 is 14.0 Å². The minimum atomic E-state index is -4.38. The van der Waals surface area contributed by atoms with Gasteiger partial charge in [0.2, 0.25) is 0 Å². The van der Waals surface area contributed by atoms with E-state index in [1.807, 2.05) is 0 Å². The fraction of sp³-hybridized carbons (Fsp3) is 0.567. The van der Waals surface area contributed by atoms with Gasteiger partial charge in [0.15, 0.2) is 0 Å². The lowest BCUT2D eigenvalue weighted by Crippen LogP contribution is -2.41. The average molecular weight is 534 g/mol. The number of alkyl halides is 3. The van der Waals surface area contributed by atoms with E-state index in [2.05, 4.69) is 56.9 Å². The second-order valence-corrected chi connectivity index (χ2v) is 16.5. The predicted molar refractivity (Wildman–Crippen MR) is 146 cm³/mol.